The number of oxazole rings is 1. The number of likely N-dealkylation sites (tertiary alicyclic amines) is 1. The molecular weight excluding hydrogens is 426 g/mol. The van der Waals surface area contributed by atoms with E-state index in [1.165, 1.54) is 0 Å². The van der Waals surface area contributed by atoms with Gasteiger partial charge in [0.1, 0.15) is 11.2 Å². The van der Waals surface area contributed by atoms with E-state index in [4.69, 9.17) is 16.0 Å². The Morgan fingerprint density at radius 3 is 2.75 bits per heavy atom. The lowest BCUT2D eigenvalue weighted by molar-refractivity contribution is 0.0592. The number of fused-ring (bicyclic) bond motifs is 1. The predicted octanol–water partition coefficient (Wildman–Crippen LogP) is 5.05. The molecule has 0 spiro atoms. The van der Waals surface area contributed by atoms with Crippen LogP contribution in [-0.2, 0) is 0 Å². The Kier molecular flexibility index (Phi) is 5.35. The van der Waals surface area contributed by atoms with Gasteiger partial charge in [-0.1, -0.05) is 11.6 Å². The van der Waals surface area contributed by atoms with Gasteiger partial charge in [0, 0.05) is 35.7 Å². The summed E-state index contributed by atoms with van der Waals surface area (Å²) in [6, 6.07) is 11.0. The first-order valence-electron chi connectivity index (χ1n) is 10.6. The van der Waals surface area contributed by atoms with Gasteiger partial charge in [-0.3, -0.25) is 4.79 Å². The van der Waals surface area contributed by atoms with Crippen LogP contribution in [0.25, 0.3) is 22.5 Å². The lowest BCUT2D eigenvalue weighted by Crippen LogP contribution is -2.45. The first-order valence-corrected chi connectivity index (χ1v) is 11.0. The Bertz CT molecular complexity index is 1290. The van der Waals surface area contributed by atoms with Crippen LogP contribution in [0.1, 0.15) is 47.8 Å². The van der Waals surface area contributed by atoms with Crippen LogP contribution in [0.2, 0.25) is 5.02 Å². The molecular formula is C24H22ClN5O2. The number of aryl methyl sites for hydroxylation is 1. The second-order valence-electron chi connectivity index (χ2n) is 8.17. The van der Waals surface area contributed by atoms with Crippen molar-refractivity contribution in [1.29, 1.82) is 0 Å². The van der Waals surface area contributed by atoms with Crippen LogP contribution in [0.15, 0.2) is 53.2 Å². The highest BCUT2D eigenvalue weighted by Gasteiger charge is 2.34. The number of benzene rings is 1. The van der Waals surface area contributed by atoms with Crippen LogP contribution < -0.4 is 0 Å². The van der Waals surface area contributed by atoms with Crippen LogP contribution >= 0.6 is 11.6 Å². The second kappa shape index (κ2) is 8.31. The fraction of sp³-hybridized carbons (Fsp3) is 0.292. The van der Waals surface area contributed by atoms with Crippen molar-refractivity contribution in [2.45, 2.75) is 38.6 Å². The number of rotatable bonds is 3. The van der Waals surface area contributed by atoms with E-state index in [-0.39, 0.29) is 17.9 Å². The molecule has 5 rings (SSSR count). The van der Waals surface area contributed by atoms with Gasteiger partial charge in [-0.15, -0.1) is 0 Å². The molecule has 0 bridgehead atoms. The van der Waals surface area contributed by atoms with Crippen molar-refractivity contribution in [2.24, 2.45) is 0 Å². The molecule has 3 aromatic heterocycles. The number of amides is 1. The normalized spacial score (nSPS) is 18.8. The molecule has 1 amide bonds. The number of piperidine rings is 1. The van der Waals surface area contributed by atoms with Gasteiger partial charge in [0.05, 0.1) is 11.5 Å². The molecule has 2 atom stereocenters. The van der Waals surface area contributed by atoms with Gasteiger partial charge in [0.25, 0.3) is 5.91 Å². The van der Waals surface area contributed by atoms with E-state index in [1.54, 1.807) is 30.6 Å². The standard InChI is InChI=1S/C24H22ClN5O2/c1-14-4-8-18(22-26-10-3-11-27-22)21(28-14)24(31)30-13-16(6-5-15(30)2)23-29-19-12-17(25)7-9-20(19)32-23/h3-4,7-12,15-16H,5-6,13H2,1-2H3/t15-,16?/m1/s1. The summed E-state index contributed by atoms with van der Waals surface area (Å²) >= 11 is 6.09. The molecule has 7 nitrogen and oxygen atoms in total. The highest BCUT2D eigenvalue weighted by Crippen LogP contribution is 2.33. The summed E-state index contributed by atoms with van der Waals surface area (Å²) < 4.78 is 6.00. The quantitative estimate of drug-likeness (QED) is 0.437. The van der Waals surface area contributed by atoms with Crippen LogP contribution in [-0.4, -0.2) is 43.3 Å². The zero-order valence-corrected chi connectivity index (χ0v) is 18.6. The maximum absolute atomic E-state index is 13.7. The molecule has 162 valence electrons. The molecule has 0 aliphatic carbocycles. The zero-order valence-electron chi connectivity index (χ0n) is 17.8. The SMILES string of the molecule is Cc1ccc(-c2ncccn2)c(C(=O)N2CC(c3nc4cc(Cl)ccc4o3)CC[C@H]2C)n1. The molecule has 0 N–H and O–H groups in total. The highest BCUT2D eigenvalue weighted by molar-refractivity contribution is 6.31. The summed E-state index contributed by atoms with van der Waals surface area (Å²) in [5.41, 5.74) is 3.20. The molecule has 1 unspecified atom stereocenters. The van der Waals surface area contributed by atoms with E-state index < -0.39 is 0 Å². The largest absolute Gasteiger partial charge is 0.440 e. The van der Waals surface area contributed by atoms with Crippen molar-refractivity contribution in [1.82, 2.24) is 24.8 Å². The Morgan fingerprint density at radius 1 is 1.12 bits per heavy atom. The smallest absolute Gasteiger partial charge is 0.273 e. The Balaban J connectivity index is 1.47. The Morgan fingerprint density at radius 2 is 1.94 bits per heavy atom. The summed E-state index contributed by atoms with van der Waals surface area (Å²) in [5, 5.41) is 0.618. The molecule has 8 heteroatoms. The number of halogens is 1. The second-order valence-corrected chi connectivity index (χ2v) is 8.60. The fourth-order valence-corrected chi connectivity index (χ4v) is 4.33. The molecule has 0 saturated carbocycles. The number of hydrogen-bond donors (Lipinski definition) is 0. The third-order valence-electron chi connectivity index (χ3n) is 5.90. The number of carbonyl (C=O) groups is 1. The molecule has 0 radical (unpaired) electrons. The average Bonchev–Trinajstić information content (AvgIpc) is 3.22. The molecule has 32 heavy (non-hydrogen) atoms. The highest BCUT2D eigenvalue weighted by atomic mass is 35.5. The molecule has 1 fully saturated rings. The van der Waals surface area contributed by atoms with Crippen molar-refractivity contribution in [3.8, 4) is 11.4 Å². The average molecular weight is 448 g/mol. The van der Waals surface area contributed by atoms with Crippen LogP contribution in [0, 0.1) is 6.92 Å². The molecule has 1 saturated heterocycles. The molecule has 1 aliphatic heterocycles. The summed E-state index contributed by atoms with van der Waals surface area (Å²) in [4.78, 5) is 33.4. The van der Waals surface area contributed by atoms with Crippen molar-refractivity contribution >= 4 is 28.6 Å². The van der Waals surface area contributed by atoms with E-state index >= 15 is 0 Å². The van der Waals surface area contributed by atoms with Crippen molar-refractivity contribution in [2.75, 3.05) is 6.54 Å². The summed E-state index contributed by atoms with van der Waals surface area (Å²) in [6.07, 6.45) is 5.06. The van der Waals surface area contributed by atoms with Gasteiger partial charge in [-0.25, -0.2) is 19.9 Å². The maximum atomic E-state index is 13.7. The summed E-state index contributed by atoms with van der Waals surface area (Å²) in [6.45, 7) is 4.44. The van der Waals surface area contributed by atoms with E-state index in [0.29, 0.717) is 40.1 Å². The monoisotopic (exact) mass is 447 g/mol. The van der Waals surface area contributed by atoms with Crippen LogP contribution in [0.4, 0.5) is 0 Å². The minimum absolute atomic E-state index is 0.00237. The van der Waals surface area contributed by atoms with Gasteiger partial charge in [0.2, 0.25) is 0 Å². The number of aromatic nitrogens is 4. The molecule has 1 aromatic carbocycles. The van der Waals surface area contributed by atoms with Gasteiger partial charge in [-0.05, 0) is 63.1 Å². The molecule has 4 heterocycles. The number of carbonyl (C=O) groups excluding carboxylic acids is 1. The van der Waals surface area contributed by atoms with Gasteiger partial charge >= 0.3 is 0 Å². The fourth-order valence-electron chi connectivity index (χ4n) is 4.16. The Labute approximate surface area is 190 Å². The number of pyridine rings is 1. The van der Waals surface area contributed by atoms with Crippen molar-refractivity contribution in [3.05, 3.63) is 71.1 Å². The minimum Gasteiger partial charge on any atom is -0.440 e. The first kappa shape index (κ1) is 20.6. The van der Waals surface area contributed by atoms with Gasteiger partial charge < -0.3 is 9.32 Å². The van der Waals surface area contributed by atoms with E-state index in [9.17, 15) is 4.79 Å². The van der Waals surface area contributed by atoms with E-state index in [1.807, 2.05) is 30.0 Å². The summed E-state index contributed by atoms with van der Waals surface area (Å²) in [5.74, 6) is 0.992. The van der Waals surface area contributed by atoms with Crippen LogP contribution in [0.5, 0.6) is 0 Å². The molecule has 4 aromatic rings. The third-order valence-corrected chi connectivity index (χ3v) is 6.14. The summed E-state index contributed by atoms with van der Waals surface area (Å²) in [7, 11) is 0. The zero-order chi connectivity index (χ0) is 22.2. The predicted molar refractivity (Wildman–Crippen MR) is 121 cm³/mol. The van der Waals surface area contributed by atoms with Gasteiger partial charge in [-0.2, -0.15) is 0 Å². The van der Waals surface area contributed by atoms with Crippen LogP contribution in [0.3, 0.4) is 0 Å². The first-order chi connectivity index (χ1) is 15.5. The van der Waals surface area contributed by atoms with Gasteiger partial charge in [0.15, 0.2) is 17.3 Å². The Hall–Kier alpha value is -3.32. The topological polar surface area (TPSA) is 85.0 Å². The minimum atomic E-state index is -0.132. The molecule has 1 aliphatic rings. The maximum Gasteiger partial charge on any atom is 0.273 e. The van der Waals surface area contributed by atoms with Crippen molar-refractivity contribution < 1.29 is 9.21 Å². The number of nitrogens with zero attached hydrogens (tertiary/aromatic N) is 5. The van der Waals surface area contributed by atoms with E-state index in [2.05, 4.69) is 26.9 Å². The number of hydrogen-bond acceptors (Lipinski definition) is 6. The van der Waals surface area contributed by atoms with E-state index in [0.717, 1.165) is 24.1 Å². The lowest BCUT2D eigenvalue weighted by atomic mass is 9.92. The lowest BCUT2D eigenvalue weighted by Gasteiger charge is -2.37. The third kappa shape index (κ3) is 3.84. The van der Waals surface area contributed by atoms with Crippen molar-refractivity contribution in [3.63, 3.8) is 0 Å².